The molecule has 1 heterocycles. The van der Waals surface area contributed by atoms with Gasteiger partial charge in [-0.25, -0.2) is 4.79 Å². The van der Waals surface area contributed by atoms with Gasteiger partial charge in [0.15, 0.2) is 0 Å². The molecule has 2 rings (SSSR count). The number of aromatic carboxylic acids is 1. The number of carboxylic acid groups (broad SMARTS) is 1. The first-order chi connectivity index (χ1) is 8.60. The molecule has 1 N–H and O–H groups in total. The van der Waals surface area contributed by atoms with E-state index < -0.39 is 5.97 Å². The highest BCUT2D eigenvalue weighted by Crippen LogP contribution is 2.16. The fourth-order valence-electron chi connectivity index (χ4n) is 1.71. The lowest BCUT2D eigenvalue weighted by molar-refractivity contribution is 0.0685. The molecule has 1 aromatic heterocycles. The molecule has 0 atom stereocenters. The van der Waals surface area contributed by atoms with Crippen LogP contribution < -0.4 is 4.74 Å². The molecule has 94 valence electrons. The molecular formula is C13H12INO3. The molecule has 0 saturated carbocycles. The maximum atomic E-state index is 11.1. The van der Waals surface area contributed by atoms with Crippen molar-refractivity contribution in [3.8, 4) is 5.75 Å². The van der Waals surface area contributed by atoms with Gasteiger partial charge in [0.1, 0.15) is 11.4 Å². The van der Waals surface area contributed by atoms with Gasteiger partial charge in [0, 0.05) is 16.3 Å². The van der Waals surface area contributed by atoms with Crippen molar-refractivity contribution in [3.63, 3.8) is 0 Å². The minimum atomic E-state index is -0.911. The van der Waals surface area contributed by atoms with Crippen LogP contribution in [0.25, 0.3) is 0 Å². The van der Waals surface area contributed by atoms with E-state index in [2.05, 4.69) is 22.6 Å². The zero-order chi connectivity index (χ0) is 13.1. The summed E-state index contributed by atoms with van der Waals surface area (Å²) in [4.78, 5) is 11.1. The Balaban J connectivity index is 2.25. The van der Waals surface area contributed by atoms with Crippen LogP contribution in [0.4, 0.5) is 0 Å². The predicted molar refractivity (Wildman–Crippen MR) is 76.2 cm³/mol. The van der Waals surface area contributed by atoms with Crippen molar-refractivity contribution >= 4 is 28.6 Å². The molecular weight excluding hydrogens is 345 g/mol. The van der Waals surface area contributed by atoms with Gasteiger partial charge < -0.3 is 14.4 Å². The maximum Gasteiger partial charge on any atom is 0.352 e. The van der Waals surface area contributed by atoms with E-state index in [1.807, 2.05) is 30.5 Å². The van der Waals surface area contributed by atoms with E-state index in [1.165, 1.54) is 0 Å². The van der Waals surface area contributed by atoms with E-state index in [1.54, 1.807) is 17.7 Å². The van der Waals surface area contributed by atoms with Crippen LogP contribution in [-0.4, -0.2) is 22.8 Å². The van der Waals surface area contributed by atoms with Gasteiger partial charge in [-0.15, -0.1) is 0 Å². The lowest BCUT2D eigenvalue weighted by Gasteiger charge is -2.07. The summed E-state index contributed by atoms with van der Waals surface area (Å²) in [7, 11) is 1.62. The number of hydrogen-bond donors (Lipinski definition) is 1. The third kappa shape index (κ3) is 2.84. The summed E-state index contributed by atoms with van der Waals surface area (Å²) >= 11 is 2.11. The standard InChI is InChI=1S/C13H12INO3/c1-18-11-4-2-9(3-5-11)7-15-8-10(14)6-12(15)13(16)17/h2-6,8H,7H2,1H3,(H,16,17). The second-order valence-electron chi connectivity index (χ2n) is 3.82. The number of rotatable bonds is 4. The fraction of sp³-hybridized carbons (Fsp3) is 0.154. The van der Waals surface area contributed by atoms with Crippen LogP contribution in [-0.2, 0) is 6.54 Å². The Bertz CT molecular complexity index is 560. The first kappa shape index (κ1) is 12.9. The molecule has 0 unspecified atom stereocenters. The van der Waals surface area contributed by atoms with Crippen molar-refractivity contribution < 1.29 is 14.6 Å². The number of hydrogen-bond acceptors (Lipinski definition) is 2. The van der Waals surface area contributed by atoms with Gasteiger partial charge in [-0.3, -0.25) is 0 Å². The number of carbonyl (C=O) groups is 1. The van der Waals surface area contributed by atoms with E-state index >= 15 is 0 Å². The molecule has 18 heavy (non-hydrogen) atoms. The molecule has 0 fully saturated rings. The van der Waals surface area contributed by atoms with Crippen molar-refractivity contribution in [2.24, 2.45) is 0 Å². The minimum Gasteiger partial charge on any atom is -0.497 e. The summed E-state index contributed by atoms with van der Waals surface area (Å²) in [5, 5.41) is 9.10. The first-order valence-corrected chi connectivity index (χ1v) is 6.40. The first-order valence-electron chi connectivity index (χ1n) is 5.32. The molecule has 2 aromatic rings. The second-order valence-corrected chi connectivity index (χ2v) is 5.07. The molecule has 4 nitrogen and oxygen atoms in total. The molecule has 5 heteroatoms. The third-order valence-corrected chi connectivity index (χ3v) is 3.18. The van der Waals surface area contributed by atoms with Gasteiger partial charge in [-0.2, -0.15) is 0 Å². The van der Waals surface area contributed by atoms with Crippen molar-refractivity contribution in [1.82, 2.24) is 4.57 Å². The minimum absolute atomic E-state index is 0.301. The monoisotopic (exact) mass is 357 g/mol. The number of benzene rings is 1. The summed E-state index contributed by atoms with van der Waals surface area (Å²) in [5.74, 6) is -0.120. The largest absolute Gasteiger partial charge is 0.497 e. The lowest BCUT2D eigenvalue weighted by Crippen LogP contribution is -2.08. The topological polar surface area (TPSA) is 51.5 Å². The summed E-state index contributed by atoms with van der Waals surface area (Å²) < 4.78 is 7.73. The van der Waals surface area contributed by atoms with E-state index in [9.17, 15) is 4.79 Å². The summed E-state index contributed by atoms with van der Waals surface area (Å²) in [6, 6.07) is 9.25. The molecule has 0 bridgehead atoms. The van der Waals surface area contributed by atoms with Crippen LogP contribution in [0.15, 0.2) is 36.5 Å². The molecule has 0 aliphatic rings. The summed E-state index contributed by atoms with van der Waals surface area (Å²) in [5.41, 5.74) is 1.33. The van der Waals surface area contributed by atoms with Gasteiger partial charge in [0.2, 0.25) is 0 Å². The molecule has 0 aliphatic heterocycles. The maximum absolute atomic E-state index is 11.1. The average Bonchev–Trinajstić information content (AvgIpc) is 2.71. The van der Waals surface area contributed by atoms with Crippen LogP contribution in [0.1, 0.15) is 16.1 Å². The Morgan fingerprint density at radius 2 is 2.06 bits per heavy atom. The number of aromatic nitrogens is 1. The van der Waals surface area contributed by atoms with E-state index in [0.29, 0.717) is 12.2 Å². The number of carboxylic acids is 1. The van der Waals surface area contributed by atoms with Crippen molar-refractivity contribution in [2.45, 2.75) is 6.54 Å². The number of methoxy groups -OCH3 is 1. The zero-order valence-electron chi connectivity index (χ0n) is 9.76. The van der Waals surface area contributed by atoms with Crippen LogP contribution in [0.3, 0.4) is 0 Å². The Hall–Kier alpha value is -1.50. The number of halogens is 1. The van der Waals surface area contributed by atoms with Gasteiger partial charge in [-0.05, 0) is 46.4 Å². The summed E-state index contributed by atoms with van der Waals surface area (Å²) in [6.07, 6.45) is 1.83. The predicted octanol–water partition coefficient (Wildman–Crippen LogP) is 2.85. The van der Waals surface area contributed by atoms with Crippen LogP contribution in [0.2, 0.25) is 0 Å². The number of ether oxygens (including phenoxy) is 1. The van der Waals surface area contributed by atoms with Gasteiger partial charge in [0.05, 0.1) is 7.11 Å². The molecule has 0 saturated heterocycles. The van der Waals surface area contributed by atoms with Crippen molar-refractivity contribution in [2.75, 3.05) is 7.11 Å². The van der Waals surface area contributed by atoms with Crippen molar-refractivity contribution in [1.29, 1.82) is 0 Å². The highest BCUT2D eigenvalue weighted by Gasteiger charge is 2.11. The Labute approximate surface area is 118 Å². The normalized spacial score (nSPS) is 10.3. The molecule has 0 aliphatic carbocycles. The van der Waals surface area contributed by atoms with Crippen LogP contribution >= 0.6 is 22.6 Å². The SMILES string of the molecule is COc1ccc(Cn2cc(I)cc2C(=O)O)cc1. The highest BCUT2D eigenvalue weighted by molar-refractivity contribution is 14.1. The molecule has 0 radical (unpaired) electrons. The summed E-state index contributed by atoms with van der Waals surface area (Å²) in [6.45, 7) is 0.536. The highest BCUT2D eigenvalue weighted by atomic mass is 127. The van der Waals surface area contributed by atoms with E-state index in [0.717, 1.165) is 14.9 Å². The molecule has 0 spiro atoms. The molecule has 0 amide bonds. The Morgan fingerprint density at radius 1 is 1.39 bits per heavy atom. The quantitative estimate of drug-likeness (QED) is 0.857. The average molecular weight is 357 g/mol. The van der Waals surface area contributed by atoms with E-state index in [-0.39, 0.29) is 0 Å². The molecule has 1 aromatic carbocycles. The lowest BCUT2D eigenvalue weighted by atomic mass is 10.2. The Morgan fingerprint density at radius 3 is 2.61 bits per heavy atom. The van der Waals surface area contributed by atoms with E-state index in [4.69, 9.17) is 9.84 Å². The zero-order valence-corrected chi connectivity index (χ0v) is 11.9. The third-order valence-electron chi connectivity index (χ3n) is 2.59. The van der Waals surface area contributed by atoms with Gasteiger partial charge in [0.25, 0.3) is 0 Å². The smallest absolute Gasteiger partial charge is 0.352 e. The second kappa shape index (κ2) is 5.43. The number of nitrogens with zero attached hydrogens (tertiary/aromatic N) is 1. The van der Waals surface area contributed by atoms with Gasteiger partial charge >= 0.3 is 5.97 Å². The Kier molecular flexibility index (Phi) is 3.90. The fourth-order valence-corrected chi connectivity index (χ4v) is 2.34. The van der Waals surface area contributed by atoms with Crippen LogP contribution in [0.5, 0.6) is 5.75 Å². The van der Waals surface area contributed by atoms with Crippen LogP contribution in [0, 0.1) is 3.57 Å². The van der Waals surface area contributed by atoms with Crippen molar-refractivity contribution in [3.05, 3.63) is 51.4 Å². The van der Waals surface area contributed by atoms with Gasteiger partial charge in [-0.1, -0.05) is 12.1 Å².